The Morgan fingerprint density at radius 3 is 2.80 bits per heavy atom. The predicted octanol–water partition coefficient (Wildman–Crippen LogP) is 3.91. The number of aromatic nitrogens is 1. The Hall–Kier alpha value is -2.88. The predicted molar refractivity (Wildman–Crippen MR) is 140 cm³/mol. The normalized spacial score (nSPS) is 16.1. The van der Waals surface area contributed by atoms with Crippen molar-refractivity contribution < 1.29 is 14.3 Å². The van der Waals surface area contributed by atoms with E-state index in [0.29, 0.717) is 18.0 Å². The van der Waals surface area contributed by atoms with E-state index in [1.807, 2.05) is 12.1 Å². The molecule has 1 aromatic heterocycles. The number of nitrogens with one attached hydrogen (secondary N) is 1. The highest BCUT2D eigenvalue weighted by atomic mass is 35.5. The van der Waals surface area contributed by atoms with E-state index < -0.39 is 6.09 Å². The van der Waals surface area contributed by atoms with Gasteiger partial charge in [0.25, 0.3) is 0 Å². The van der Waals surface area contributed by atoms with Crippen molar-refractivity contribution in [3.63, 3.8) is 0 Å². The lowest BCUT2D eigenvalue weighted by molar-refractivity contribution is -0.118. The van der Waals surface area contributed by atoms with Crippen LogP contribution < -0.4 is 15.1 Å². The maximum Gasteiger partial charge on any atom is 0.408 e. The van der Waals surface area contributed by atoms with Crippen LogP contribution in [0.2, 0.25) is 5.02 Å². The molecule has 0 unspecified atom stereocenters. The second-order valence-corrected chi connectivity index (χ2v) is 9.96. The minimum absolute atomic E-state index is 0.0943. The van der Waals surface area contributed by atoms with E-state index in [1.165, 1.54) is 15.0 Å². The van der Waals surface area contributed by atoms with Gasteiger partial charge < -0.3 is 15.0 Å². The monoisotopic (exact) mass is 513 g/mol. The minimum atomic E-state index is -0.542. The van der Waals surface area contributed by atoms with E-state index in [0.717, 1.165) is 61.8 Å². The SMILES string of the molecule is CCNC(=O)OCN1C(=O)Cc2cc(CCN3CCN(c4nsc5ccccc45)CC3)c(Cl)cc21. The number of carbonyl (C=O) groups excluding carboxylic acids is 2. The van der Waals surface area contributed by atoms with Gasteiger partial charge in [-0.05, 0) is 54.2 Å². The van der Waals surface area contributed by atoms with E-state index in [2.05, 4.69) is 39.4 Å². The molecule has 184 valence electrons. The molecular weight excluding hydrogens is 486 g/mol. The van der Waals surface area contributed by atoms with Crippen molar-refractivity contribution in [2.45, 2.75) is 19.8 Å². The lowest BCUT2D eigenvalue weighted by Crippen LogP contribution is -2.47. The van der Waals surface area contributed by atoms with Gasteiger partial charge in [0.2, 0.25) is 5.91 Å². The summed E-state index contributed by atoms with van der Waals surface area (Å²) in [4.78, 5) is 30.4. The number of ether oxygens (including phenoxy) is 1. The lowest BCUT2D eigenvalue weighted by atomic mass is 10.1. The van der Waals surface area contributed by atoms with Gasteiger partial charge in [-0.1, -0.05) is 29.8 Å². The summed E-state index contributed by atoms with van der Waals surface area (Å²) < 4.78 is 11.1. The van der Waals surface area contributed by atoms with Crippen molar-refractivity contribution in [1.29, 1.82) is 0 Å². The van der Waals surface area contributed by atoms with Crippen molar-refractivity contribution in [3.05, 3.63) is 52.5 Å². The van der Waals surface area contributed by atoms with E-state index >= 15 is 0 Å². The van der Waals surface area contributed by atoms with Crippen molar-refractivity contribution in [3.8, 4) is 0 Å². The Kier molecular flexibility index (Phi) is 7.08. The summed E-state index contributed by atoms with van der Waals surface area (Å²) >= 11 is 8.16. The zero-order chi connectivity index (χ0) is 24.4. The van der Waals surface area contributed by atoms with Gasteiger partial charge in [-0.3, -0.25) is 14.6 Å². The van der Waals surface area contributed by atoms with Gasteiger partial charge in [-0.2, -0.15) is 4.37 Å². The highest BCUT2D eigenvalue weighted by Gasteiger charge is 2.29. The third-order valence-electron chi connectivity index (χ3n) is 6.55. The van der Waals surface area contributed by atoms with Crippen LogP contribution in [0.1, 0.15) is 18.1 Å². The number of fused-ring (bicyclic) bond motifs is 2. The summed E-state index contributed by atoms with van der Waals surface area (Å²) in [7, 11) is 0. The molecule has 0 spiro atoms. The molecule has 3 aromatic rings. The molecule has 1 saturated heterocycles. The molecule has 0 saturated carbocycles. The van der Waals surface area contributed by atoms with Gasteiger partial charge in [-0.25, -0.2) is 4.79 Å². The van der Waals surface area contributed by atoms with Gasteiger partial charge in [0.1, 0.15) is 5.82 Å². The van der Waals surface area contributed by atoms with Crippen LogP contribution in [-0.2, 0) is 22.4 Å². The maximum atomic E-state index is 12.5. The third-order valence-corrected chi connectivity index (χ3v) is 7.72. The average Bonchev–Trinajstić information content (AvgIpc) is 3.42. The van der Waals surface area contributed by atoms with Gasteiger partial charge >= 0.3 is 6.09 Å². The molecule has 1 N–H and O–H groups in total. The molecule has 35 heavy (non-hydrogen) atoms. The molecule has 2 aliphatic rings. The van der Waals surface area contributed by atoms with Crippen molar-refractivity contribution >= 4 is 56.7 Å². The van der Waals surface area contributed by atoms with Crippen LogP contribution in [0.5, 0.6) is 0 Å². The number of piperazine rings is 1. The highest BCUT2D eigenvalue weighted by Crippen LogP contribution is 2.34. The van der Waals surface area contributed by atoms with Crippen LogP contribution in [0.25, 0.3) is 10.1 Å². The average molecular weight is 514 g/mol. The summed E-state index contributed by atoms with van der Waals surface area (Å²) in [6.45, 7) is 6.89. The number of alkyl carbamates (subject to hydrolysis) is 1. The van der Waals surface area contributed by atoms with Crippen LogP contribution >= 0.6 is 23.1 Å². The summed E-state index contributed by atoms with van der Waals surface area (Å²) in [5, 5.41) is 4.42. The maximum absolute atomic E-state index is 12.5. The second kappa shape index (κ2) is 10.4. The number of rotatable bonds is 7. The molecule has 2 aliphatic heterocycles. The zero-order valence-electron chi connectivity index (χ0n) is 19.6. The lowest BCUT2D eigenvalue weighted by Gasteiger charge is -2.35. The van der Waals surface area contributed by atoms with Crippen LogP contribution in [0.3, 0.4) is 0 Å². The van der Waals surface area contributed by atoms with E-state index in [4.69, 9.17) is 20.7 Å². The summed E-state index contributed by atoms with van der Waals surface area (Å²) in [6, 6.07) is 12.2. The van der Waals surface area contributed by atoms with Gasteiger partial charge in [0.15, 0.2) is 6.73 Å². The number of nitrogens with zero attached hydrogens (tertiary/aromatic N) is 4. The smallest absolute Gasteiger partial charge is 0.408 e. The van der Waals surface area contributed by atoms with Gasteiger partial charge in [-0.15, -0.1) is 0 Å². The molecule has 8 nitrogen and oxygen atoms in total. The molecule has 3 heterocycles. The molecule has 10 heteroatoms. The Labute approximate surface area is 213 Å². The summed E-state index contributed by atoms with van der Waals surface area (Å²) in [5.74, 6) is 1.00. The van der Waals surface area contributed by atoms with Crippen molar-refractivity contribution in [1.82, 2.24) is 14.6 Å². The fraction of sp³-hybridized carbons (Fsp3) is 0.400. The Morgan fingerprint density at radius 1 is 1.20 bits per heavy atom. The fourth-order valence-electron chi connectivity index (χ4n) is 4.66. The topological polar surface area (TPSA) is 78.0 Å². The highest BCUT2D eigenvalue weighted by molar-refractivity contribution is 7.13. The molecule has 0 bridgehead atoms. The number of benzene rings is 2. The standard InChI is InChI=1S/C25H28ClN5O3S/c1-2-27-25(33)34-16-31-21-15-20(26)17(13-18(21)14-23(31)32)7-8-29-9-11-30(12-10-29)24-19-5-3-4-6-22(19)35-28-24/h3-6,13,15H,2,7-12,14,16H2,1H3,(H,27,33). The van der Waals surface area contributed by atoms with Crippen molar-refractivity contribution in [2.24, 2.45) is 0 Å². The molecule has 2 amide bonds. The molecule has 0 atom stereocenters. The van der Waals surface area contributed by atoms with Gasteiger partial charge in [0.05, 0.1) is 16.8 Å². The van der Waals surface area contributed by atoms with Crippen LogP contribution in [-0.4, -0.2) is 67.3 Å². The first-order valence-electron chi connectivity index (χ1n) is 11.9. The largest absolute Gasteiger partial charge is 0.428 e. The van der Waals surface area contributed by atoms with E-state index in [-0.39, 0.29) is 12.6 Å². The third kappa shape index (κ3) is 5.07. The quantitative estimate of drug-likeness (QED) is 0.516. The van der Waals surface area contributed by atoms with E-state index in [1.54, 1.807) is 18.5 Å². The number of halogens is 1. The van der Waals surface area contributed by atoms with Crippen LogP contribution in [0.4, 0.5) is 16.3 Å². The summed E-state index contributed by atoms with van der Waals surface area (Å²) in [6.07, 6.45) is 0.563. The fourth-order valence-corrected chi connectivity index (χ4v) is 5.71. The second-order valence-electron chi connectivity index (χ2n) is 8.74. The molecular formula is C25H28ClN5O3S. The number of anilines is 2. The molecule has 0 aliphatic carbocycles. The Bertz CT molecular complexity index is 1240. The van der Waals surface area contributed by atoms with Crippen LogP contribution in [0, 0.1) is 0 Å². The number of carbonyl (C=O) groups is 2. The van der Waals surface area contributed by atoms with E-state index in [9.17, 15) is 9.59 Å². The Balaban J connectivity index is 1.17. The summed E-state index contributed by atoms with van der Waals surface area (Å²) in [5.41, 5.74) is 2.68. The van der Waals surface area contributed by atoms with Crippen LogP contribution in [0.15, 0.2) is 36.4 Å². The first-order valence-corrected chi connectivity index (χ1v) is 13.0. The molecule has 0 radical (unpaired) electrons. The number of hydrogen-bond donors (Lipinski definition) is 1. The first kappa shape index (κ1) is 23.8. The minimum Gasteiger partial charge on any atom is -0.428 e. The zero-order valence-corrected chi connectivity index (χ0v) is 21.2. The van der Waals surface area contributed by atoms with Gasteiger partial charge in [0, 0.05) is 49.7 Å². The Morgan fingerprint density at radius 2 is 2.00 bits per heavy atom. The number of amides is 2. The van der Waals surface area contributed by atoms with Crippen molar-refractivity contribution in [2.75, 3.05) is 55.8 Å². The number of hydrogen-bond acceptors (Lipinski definition) is 7. The molecule has 2 aromatic carbocycles. The molecule has 1 fully saturated rings. The molecule has 5 rings (SSSR count). The first-order chi connectivity index (χ1) is 17.0.